The molecule has 0 aliphatic rings. The Kier molecular flexibility index (Phi) is 5.72. The zero-order valence-electron chi connectivity index (χ0n) is 10.9. The van der Waals surface area contributed by atoms with E-state index in [-0.39, 0.29) is 25.5 Å². The summed E-state index contributed by atoms with van der Waals surface area (Å²) < 4.78 is 24.1. The normalized spacial score (nSPS) is 11.3. The van der Waals surface area contributed by atoms with Crippen molar-refractivity contribution in [1.82, 2.24) is 9.62 Å². The highest BCUT2D eigenvalue weighted by molar-refractivity contribution is 7.88. The third kappa shape index (κ3) is 5.23. The highest BCUT2D eigenvalue weighted by Crippen LogP contribution is 1.99. The van der Waals surface area contributed by atoms with Crippen molar-refractivity contribution in [2.75, 3.05) is 25.9 Å². The van der Waals surface area contributed by atoms with E-state index in [0.717, 1.165) is 6.26 Å². The first-order chi connectivity index (χ1) is 8.95. The number of amides is 1. The van der Waals surface area contributed by atoms with Gasteiger partial charge in [0, 0.05) is 25.2 Å². The summed E-state index contributed by atoms with van der Waals surface area (Å²) in [6.07, 6.45) is 2.65. The van der Waals surface area contributed by atoms with Gasteiger partial charge in [0.15, 0.2) is 0 Å². The molecule has 0 bridgehead atoms. The van der Waals surface area contributed by atoms with Crippen molar-refractivity contribution in [3.63, 3.8) is 0 Å². The lowest BCUT2D eigenvalue weighted by Crippen LogP contribution is -2.38. The van der Waals surface area contributed by atoms with Crippen molar-refractivity contribution < 1.29 is 13.2 Å². The lowest BCUT2D eigenvalue weighted by molar-refractivity contribution is 0.0952. The Hall–Kier alpha value is -1.66. The van der Waals surface area contributed by atoms with Gasteiger partial charge in [0.2, 0.25) is 10.0 Å². The lowest BCUT2D eigenvalue weighted by Gasteiger charge is -2.18. The van der Waals surface area contributed by atoms with Gasteiger partial charge in [-0.3, -0.25) is 4.79 Å². The van der Waals surface area contributed by atoms with E-state index in [4.69, 9.17) is 0 Å². The van der Waals surface area contributed by atoms with Gasteiger partial charge in [0.25, 0.3) is 5.91 Å². The molecule has 0 atom stereocenters. The fourth-order valence-electron chi connectivity index (χ4n) is 1.52. The molecular formula is C13H18N2O3S. The molecule has 0 aliphatic carbocycles. The van der Waals surface area contributed by atoms with Crippen LogP contribution in [0.25, 0.3) is 0 Å². The molecule has 0 saturated carbocycles. The molecule has 1 aromatic rings. The molecule has 0 radical (unpaired) electrons. The smallest absolute Gasteiger partial charge is 0.251 e. The van der Waals surface area contributed by atoms with E-state index in [9.17, 15) is 13.2 Å². The molecule has 0 aliphatic heterocycles. The number of rotatable bonds is 7. The summed E-state index contributed by atoms with van der Waals surface area (Å²) in [6, 6.07) is 8.78. The predicted molar refractivity (Wildman–Crippen MR) is 75.4 cm³/mol. The van der Waals surface area contributed by atoms with Crippen LogP contribution in [0, 0.1) is 0 Å². The Bertz CT molecular complexity index is 526. The Balaban J connectivity index is 2.49. The van der Waals surface area contributed by atoms with E-state index in [1.807, 2.05) is 6.07 Å². The van der Waals surface area contributed by atoms with Crippen molar-refractivity contribution in [3.05, 3.63) is 48.6 Å². The monoisotopic (exact) mass is 282 g/mol. The van der Waals surface area contributed by atoms with Gasteiger partial charge < -0.3 is 5.32 Å². The lowest BCUT2D eigenvalue weighted by atomic mass is 10.2. The van der Waals surface area contributed by atoms with Crippen LogP contribution in [0.5, 0.6) is 0 Å². The fraction of sp³-hybridized carbons (Fsp3) is 0.308. The average Bonchev–Trinajstić information content (AvgIpc) is 2.37. The maximum absolute atomic E-state index is 11.7. The first kappa shape index (κ1) is 15.4. The zero-order valence-corrected chi connectivity index (χ0v) is 11.7. The van der Waals surface area contributed by atoms with Gasteiger partial charge in [0.1, 0.15) is 0 Å². The van der Waals surface area contributed by atoms with E-state index in [0.29, 0.717) is 5.56 Å². The van der Waals surface area contributed by atoms with E-state index in [1.165, 1.54) is 10.4 Å². The number of carbonyl (C=O) groups excluding carboxylic acids is 1. The first-order valence-corrected chi connectivity index (χ1v) is 7.69. The molecule has 1 aromatic carbocycles. The predicted octanol–water partition coefficient (Wildman–Crippen LogP) is 0.864. The van der Waals surface area contributed by atoms with Crippen LogP contribution in [-0.2, 0) is 10.0 Å². The Morgan fingerprint density at radius 2 is 2.00 bits per heavy atom. The highest BCUT2D eigenvalue weighted by atomic mass is 32.2. The maximum Gasteiger partial charge on any atom is 0.251 e. The van der Waals surface area contributed by atoms with Crippen LogP contribution in [0.4, 0.5) is 0 Å². The van der Waals surface area contributed by atoms with Crippen molar-refractivity contribution in [2.45, 2.75) is 0 Å². The van der Waals surface area contributed by atoms with Gasteiger partial charge in [-0.15, -0.1) is 6.58 Å². The quantitative estimate of drug-likeness (QED) is 0.754. The third-order valence-corrected chi connectivity index (χ3v) is 3.75. The number of sulfonamides is 1. The molecule has 1 rings (SSSR count). The Labute approximate surface area is 114 Å². The molecule has 1 amide bonds. The number of hydrogen-bond acceptors (Lipinski definition) is 3. The van der Waals surface area contributed by atoms with Crippen molar-refractivity contribution in [1.29, 1.82) is 0 Å². The number of nitrogens with zero attached hydrogens (tertiary/aromatic N) is 1. The molecule has 5 nitrogen and oxygen atoms in total. The van der Waals surface area contributed by atoms with Crippen LogP contribution in [-0.4, -0.2) is 44.5 Å². The van der Waals surface area contributed by atoms with Gasteiger partial charge in [-0.05, 0) is 12.1 Å². The minimum absolute atomic E-state index is 0.215. The minimum atomic E-state index is -3.28. The number of carbonyl (C=O) groups is 1. The van der Waals surface area contributed by atoms with Crippen LogP contribution in [0.1, 0.15) is 10.4 Å². The molecular weight excluding hydrogens is 264 g/mol. The molecule has 0 spiro atoms. The molecule has 0 aromatic heterocycles. The summed E-state index contributed by atoms with van der Waals surface area (Å²) in [6.45, 7) is 4.23. The molecule has 1 N–H and O–H groups in total. The van der Waals surface area contributed by atoms with Gasteiger partial charge in [-0.25, -0.2) is 8.42 Å². The second-order valence-electron chi connectivity index (χ2n) is 4.03. The van der Waals surface area contributed by atoms with Gasteiger partial charge in [-0.1, -0.05) is 24.3 Å². The van der Waals surface area contributed by atoms with Crippen molar-refractivity contribution in [2.24, 2.45) is 0 Å². The van der Waals surface area contributed by atoms with Crippen LogP contribution in [0.15, 0.2) is 43.0 Å². The Morgan fingerprint density at radius 3 is 2.53 bits per heavy atom. The molecule has 0 unspecified atom stereocenters. The molecule has 0 saturated heterocycles. The van der Waals surface area contributed by atoms with Crippen LogP contribution >= 0.6 is 0 Å². The first-order valence-electron chi connectivity index (χ1n) is 5.84. The van der Waals surface area contributed by atoms with E-state index in [2.05, 4.69) is 11.9 Å². The maximum atomic E-state index is 11.7. The van der Waals surface area contributed by atoms with Crippen LogP contribution in [0.2, 0.25) is 0 Å². The SMILES string of the molecule is C=CCN(CCNC(=O)c1ccccc1)S(C)(=O)=O. The third-order valence-electron chi connectivity index (χ3n) is 2.48. The summed E-state index contributed by atoms with van der Waals surface area (Å²) >= 11 is 0. The number of nitrogens with one attached hydrogen (secondary N) is 1. The van der Waals surface area contributed by atoms with Gasteiger partial charge in [-0.2, -0.15) is 4.31 Å². The molecule has 0 heterocycles. The van der Waals surface area contributed by atoms with Gasteiger partial charge >= 0.3 is 0 Å². The number of benzene rings is 1. The van der Waals surface area contributed by atoms with Crippen LogP contribution < -0.4 is 5.32 Å². The molecule has 19 heavy (non-hydrogen) atoms. The van der Waals surface area contributed by atoms with Gasteiger partial charge in [0.05, 0.1) is 6.26 Å². The molecule has 104 valence electrons. The van der Waals surface area contributed by atoms with E-state index in [1.54, 1.807) is 24.3 Å². The summed E-state index contributed by atoms with van der Waals surface area (Å²) in [5.74, 6) is -0.215. The van der Waals surface area contributed by atoms with Crippen molar-refractivity contribution >= 4 is 15.9 Å². The summed E-state index contributed by atoms with van der Waals surface area (Å²) in [4.78, 5) is 11.7. The fourth-order valence-corrected chi connectivity index (χ4v) is 2.32. The van der Waals surface area contributed by atoms with E-state index < -0.39 is 10.0 Å². The second kappa shape index (κ2) is 7.06. The largest absolute Gasteiger partial charge is 0.351 e. The summed E-state index contributed by atoms with van der Waals surface area (Å²) in [5.41, 5.74) is 0.553. The van der Waals surface area contributed by atoms with Crippen LogP contribution in [0.3, 0.4) is 0 Å². The average molecular weight is 282 g/mol. The molecule has 6 heteroatoms. The van der Waals surface area contributed by atoms with E-state index >= 15 is 0 Å². The summed E-state index contributed by atoms with van der Waals surface area (Å²) in [7, 11) is -3.28. The summed E-state index contributed by atoms with van der Waals surface area (Å²) in [5, 5.41) is 2.68. The van der Waals surface area contributed by atoms with Crippen molar-refractivity contribution in [3.8, 4) is 0 Å². The standard InChI is InChI=1S/C13H18N2O3S/c1-3-10-15(19(2,17)18)11-9-14-13(16)12-7-5-4-6-8-12/h3-8H,1,9-11H2,2H3,(H,14,16). The number of hydrogen-bond donors (Lipinski definition) is 1. The topological polar surface area (TPSA) is 66.5 Å². The molecule has 0 fully saturated rings. The minimum Gasteiger partial charge on any atom is -0.351 e. The second-order valence-corrected chi connectivity index (χ2v) is 6.01. The zero-order chi connectivity index (χ0) is 14.3. The highest BCUT2D eigenvalue weighted by Gasteiger charge is 2.14. The Morgan fingerprint density at radius 1 is 1.37 bits per heavy atom.